The summed E-state index contributed by atoms with van der Waals surface area (Å²) >= 11 is 3.38. The standard InChI is InChI=1S/C13H19BrN2O/c1-8(2)11(15)7-13(17)16-12-6-10(14)5-4-9(12)3/h4-6,8,11H,7,15H2,1-3H3,(H,16,17). The maximum atomic E-state index is 11.8. The molecule has 0 aromatic heterocycles. The number of aryl methyl sites for hydroxylation is 1. The summed E-state index contributed by atoms with van der Waals surface area (Å²) in [6, 6.07) is 5.71. The van der Waals surface area contributed by atoms with Gasteiger partial charge in [-0.05, 0) is 30.5 Å². The number of hydrogen-bond acceptors (Lipinski definition) is 2. The maximum absolute atomic E-state index is 11.8. The first-order valence-corrected chi connectivity index (χ1v) is 6.51. The van der Waals surface area contributed by atoms with Crippen LogP contribution in [0.3, 0.4) is 0 Å². The van der Waals surface area contributed by atoms with Crippen molar-refractivity contribution in [3.63, 3.8) is 0 Å². The molecule has 3 N–H and O–H groups in total. The Morgan fingerprint density at radius 2 is 2.12 bits per heavy atom. The molecule has 1 amide bonds. The predicted molar refractivity (Wildman–Crippen MR) is 74.9 cm³/mol. The zero-order valence-electron chi connectivity index (χ0n) is 10.5. The van der Waals surface area contributed by atoms with Gasteiger partial charge in [-0.1, -0.05) is 35.8 Å². The van der Waals surface area contributed by atoms with Gasteiger partial charge >= 0.3 is 0 Å². The molecule has 0 saturated carbocycles. The Hall–Kier alpha value is -0.870. The van der Waals surface area contributed by atoms with Gasteiger partial charge in [-0.15, -0.1) is 0 Å². The first-order chi connectivity index (χ1) is 7.90. The average Bonchev–Trinajstić information content (AvgIpc) is 2.23. The lowest BCUT2D eigenvalue weighted by atomic mass is 10.0. The second-order valence-corrected chi connectivity index (χ2v) is 5.54. The molecule has 0 aliphatic carbocycles. The summed E-state index contributed by atoms with van der Waals surface area (Å²) in [5, 5.41) is 2.89. The van der Waals surface area contributed by atoms with Crippen molar-refractivity contribution in [2.24, 2.45) is 11.7 Å². The number of carbonyl (C=O) groups is 1. The molecule has 1 unspecified atom stereocenters. The van der Waals surface area contributed by atoms with Crippen LogP contribution in [0.2, 0.25) is 0 Å². The Labute approximate surface area is 111 Å². The van der Waals surface area contributed by atoms with Gasteiger partial charge in [-0.25, -0.2) is 0 Å². The van der Waals surface area contributed by atoms with E-state index < -0.39 is 0 Å². The molecule has 1 rings (SSSR count). The summed E-state index contributed by atoms with van der Waals surface area (Å²) in [4.78, 5) is 11.8. The number of nitrogens with one attached hydrogen (secondary N) is 1. The fraction of sp³-hybridized carbons (Fsp3) is 0.462. The number of anilines is 1. The van der Waals surface area contributed by atoms with Crippen LogP contribution in [-0.4, -0.2) is 11.9 Å². The summed E-state index contributed by atoms with van der Waals surface area (Å²) < 4.78 is 0.951. The second kappa shape index (κ2) is 6.17. The van der Waals surface area contributed by atoms with Crippen molar-refractivity contribution in [1.82, 2.24) is 0 Å². The number of benzene rings is 1. The van der Waals surface area contributed by atoms with Crippen LogP contribution in [0, 0.1) is 12.8 Å². The van der Waals surface area contributed by atoms with Gasteiger partial charge < -0.3 is 11.1 Å². The number of hydrogen-bond donors (Lipinski definition) is 2. The van der Waals surface area contributed by atoms with E-state index in [2.05, 4.69) is 21.2 Å². The molecule has 4 heteroatoms. The molecule has 0 radical (unpaired) electrons. The zero-order valence-corrected chi connectivity index (χ0v) is 12.0. The van der Waals surface area contributed by atoms with Gasteiger partial charge in [0, 0.05) is 22.6 Å². The summed E-state index contributed by atoms with van der Waals surface area (Å²) in [5.74, 6) is 0.275. The molecule has 0 aliphatic rings. The molecule has 1 aromatic rings. The van der Waals surface area contributed by atoms with Crippen LogP contribution in [0.25, 0.3) is 0 Å². The van der Waals surface area contributed by atoms with E-state index in [1.54, 1.807) is 0 Å². The SMILES string of the molecule is Cc1ccc(Br)cc1NC(=O)CC(N)C(C)C. The Morgan fingerprint density at radius 1 is 1.47 bits per heavy atom. The summed E-state index contributed by atoms with van der Waals surface area (Å²) in [7, 11) is 0. The highest BCUT2D eigenvalue weighted by molar-refractivity contribution is 9.10. The highest BCUT2D eigenvalue weighted by Gasteiger charge is 2.13. The minimum atomic E-state index is -0.0949. The molecular weight excluding hydrogens is 280 g/mol. The van der Waals surface area contributed by atoms with Gasteiger partial charge in [0.2, 0.25) is 5.91 Å². The van der Waals surface area contributed by atoms with Crippen molar-refractivity contribution in [2.75, 3.05) is 5.32 Å². The topological polar surface area (TPSA) is 55.1 Å². The number of nitrogens with two attached hydrogens (primary N) is 1. The molecule has 3 nitrogen and oxygen atoms in total. The Bertz CT molecular complexity index is 404. The average molecular weight is 299 g/mol. The first kappa shape index (κ1) is 14.2. The lowest BCUT2D eigenvalue weighted by molar-refractivity contribution is -0.116. The smallest absolute Gasteiger partial charge is 0.225 e. The third-order valence-electron chi connectivity index (χ3n) is 2.75. The normalized spacial score (nSPS) is 12.6. The number of halogens is 1. The van der Waals surface area contributed by atoms with Crippen molar-refractivity contribution in [2.45, 2.75) is 33.2 Å². The van der Waals surface area contributed by atoms with Crippen molar-refractivity contribution < 1.29 is 4.79 Å². The minimum Gasteiger partial charge on any atom is -0.327 e. The van der Waals surface area contributed by atoms with Crippen LogP contribution < -0.4 is 11.1 Å². The van der Waals surface area contributed by atoms with Gasteiger partial charge in [0.1, 0.15) is 0 Å². The molecule has 0 spiro atoms. The molecule has 94 valence electrons. The highest BCUT2D eigenvalue weighted by Crippen LogP contribution is 2.21. The van der Waals surface area contributed by atoms with E-state index in [1.165, 1.54) is 0 Å². The molecule has 0 heterocycles. The monoisotopic (exact) mass is 298 g/mol. The van der Waals surface area contributed by atoms with Gasteiger partial charge in [0.15, 0.2) is 0 Å². The molecular formula is C13H19BrN2O. The molecule has 1 atom stereocenters. The Balaban J connectivity index is 2.65. The van der Waals surface area contributed by atoms with Crippen LogP contribution in [0.5, 0.6) is 0 Å². The van der Waals surface area contributed by atoms with E-state index in [4.69, 9.17) is 5.73 Å². The van der Waals surface area contributed by atoms with E-state index in [9.17, 15) is 4.79 Å². The number of carbonyl (C=O) groups excluding carboxylic acids is 1. The Morgan fingerprint density at radius 3 is 2.71 bits per heavy atom. The number of amides is 1. The van der Waals surface area contributed by atoms with Crippen molar-refractivity contribution in [3.8, 4) is 0 Å². The van der Waals surface area contributed by atoms with Crippen LogP contribution in [0.15, 0.2) is 22.7 Å². The van der Waals surface area contributed by atoms with E-state index in [1.807, 2.05) is 39.0 Å². The molecule has 0 aliphatic heterocycles. The number of rotatable bonds is 4. The van der Waals surface area contributed by atoms with E-state index in [0.29, 0.717) is 12.3 Å². The summed E-state index contributed by atoms with van der Waals surface area (Å²) in [6.07, 6.45) is 0.351. The van der Waals surface area contributed by atoms with Crippen LogP contribution >= 0.6 is 15.9 Å². The first-order valence-electron chi connectivity index (χ1n) is 5.71. The van der Waals surface area contributed by atoms with Crippen LogP contribution in [-0.2, 0) is 4.79 Å². The third-order valence-corrected chi connectivity index (χ3v) is 3.24. The maximum Gasteiger partial charge on any atom is 0.225 e. The van der Waals surface area contributed by atoms with Crippen molar-refractivity contribution in [3.05, 3.63) is 28.2 Å². The second-order valence-electron chi connectivity index (χ2n) is 4.62. The van der Waals surface area contributed by atoms with Crippen molar-refractivity contribution >= 4 is 27.5 Å². The van der Waals surface area contributed by atoms with Gasteiger partial charge in [-0.3, -0.25) is 4.79 Å². The summed E-state index contributed by atoms with van der Waals surface area (Å²) in [6.45, 7) is 6.00. The largest absolute Gasteiger partial charge is 0.327 e. The van der Waals surface area contributed by atoms with Crippen molar-refractivity contribution in [1.29, 1.82) is 0 Å². The van der Waals surface area contributed by atoms with E-state index >= 15 is 0 Å². The predicted octanol–water partition coefficient (Wildman–Crippen LogP) is 3.07. The fourth-order valence-corrected chi connectivity index (χ4v) is 1.74. The lowest BCUT2D eigenvalue weighted by Crippen LogP contribution is -2.31. The van der Waals surface area contributed by atoms with Crippen LogP contribution in [0.1, 0.15) is 25.8 Å². The van der Waals surface area contributed by atoms with E-state index in [0.717, 1.165) is 15.7 Å². The molecule has 17 heavy (non-hydrogen) atoms. The van der Waals surface area contributed by atoms with Crippen LogP contribution in [0.4, 0.5) is 5.69 Å². The van der Waals surface area contributed by atoms with E-state index in [-0.39, 0.29) is 11.9 Å². The third kappa shape index (κ3) is 4.48. The van der Waals surface area contributed by atoms with Gasteiger partial charge in [-0.2, -0.15) is 0 Å². The Kier molecular flexibility index (Phi) is 5.15. The fourth-order valence-electron chi connectivity index (χ4n) is 1.38. The minimum absolute atomic E-state index is 0.0348. The summed E-state index contributed by atoms with van der Waals surface area (Å²) in [5.41, 5.74) is 7.74. The lowest BCUT2D eigenvalue weighted by Gasteiger charge is -2.15. The van der Waals surface area contributed by atoms with Gasteiger partial charge in [0.25, 0.3) is 0 Å². The highest BCUT2D eigenvalue weighted by atomic mass is 79.9. The zero-order chi connectivity index (χ0) is 13.0. The molecule has 1 aromatic carbocycles. The molecule has 0 fully saturated rings. The molecule has 0 bridgehead atoms. The molecule has 0 saturated heterocycles. The van der Waals surface area contributed by atoms with Gasteiger partial charge in [0.05, 0.1) is 0 Å². The quantitative estimate of drug-likeness (QED) is 0.897.